The van der Waals surface area contributed by atoms with Crippen molar-refractivity contribution in [2.75, 3.05) is 0 Å². The summed E-state index contributed by atoms with van der Waals surface area (Å²) in [5, 5.41) is 7.07. The summed E-state index contributed by atoms with van der Waals surface area (Å²) < 4.78 is 0. The van der Waals surface area contributed by atoms with Crippen molar-refractivity contribution in [1.29, 1.82) is 0 Å². The number of aromatic amines is 2. The number of nitrogens with zero attached hydrogens (tertiary/aromatic N) is 2. The lowest BCUT2D eigenvalue weighted by atomic mass is 10.1. The van der Waals surface area contributed by atoms with Gasteiger partial charge in [-0.1, -0.05) is 30.3 Å². The highest BCUT2D eigenvalue weighted by atomic mass is 15.1. The Morgan fingerprint density at radius 3 is 2.71 bits per heavy atom. The quantitative estimate of drug-likeness (QED) is 0.722. The monoisotopic (exact) mass is 223 g/mol. The minimum atomic E-state index is 0.781. The van der Waals surface area contributed by atoms with Crippen LogP contribution in [0.25, 0.3) is 22.6 Å². The van der Waals surface area contributed by atoms with Gasteiger partial charge in [-0.2, -0.15) is 5.10 Å². The second-order valence-corrected chi connectivity index (χ2v) is 3.65. The third-order valence-corrected chi connectivity index (χ3v) is 2.57. The minimum Gasteiger partial charge on any atom is -0.270 e. The Hall–Kier alpha value is -2.49. The summed E-state index contributed by atoms with van der Waals surface area (Å²) in [6, 6.07) is 12.0. The number of nitrogens with one attached hydrogen (secondary N) is 2. The van der Waals surface area contributed by atoms with Crippen LogP contribution < -0.4 is 4.98 Å². The summed E-state index contributed by atoms with van der Waals surface area (Å²) in [6.07, 6.45) is 5.41. The third kappa shape index (κ3) is 1.80. The molecule has 2 N–H and O–H groups in total. The second-order valence-electron chi connectivity index (χ2n) is 3.65. The zero-order valence-electron chi connectivity index (χ0n) is 9.09. The Morgan fingerprint density at radius 2 is 1.94 bits per heavy atom. The number of hydrogen-bond acceptors (Lipinski definition) is 2. The predicted molar refractivity (Wildman–Crippen MR) is 63.8 cm³/mol. The van der Waals surface area contributed by atoms with Gasteiger partial charge in [0.05, 0.1) is 12.4 Å². The van der Waals surface area contributed by atoms with Crippen LogP contribution in [0.5, 0.6) is 0 Å². The average Bonchev–Trinajstić information content (AvgIpc) is 2.90. The fourth-order valence-corrected chi connectivity index (χ4v) is 1.76. The van der Waals surface area contributed by atoms with Gasteiger partial charge in [-0.15, -0.1) is 0 Å². The first-order valence-electron chi connectivity index (χ1n) is 5.37. The van der Waals surface area contributed by atoms with E-state index in [1.165, 1.54) is 0 Å². The fraction of sp³-hybridized carbons (Fsp3) is 0. The van der Waals surface area contributed by atoms with Crippen molar-refractivity contribution >= 4 is 0 Å². The molecule has 0 amide bonds. The SMILES string of the molecule is c1ccc(-c2cn[nH]c2-c2nccc[nH+]2)cc1. The van der Waals surface area contributed by atoms with Gasteiger partial charge in [0.2, 0.25) is 0 Å². The maximum absolute atomic E-state index is 4.28. The smallest absolute Gasteiger partial charge is 0.270 e. The number of benzene rings is 1. The van der Waals surface area contributed by atoms with Gasteiger partial charge >= 0.3 is 5.82 Å². The normalized spacial score (nSPS) is 10.4. The Morgan fingerprint density at radius 1 is 1.06 bits per heavy atom. The maximum atomic E-state index is 4.28. The lowest BCUT2D eigenvalue weighted by Crippen LogP contribution is -2.08. The zero-order valence-corrected chi connectivity index (χ0v) is 9.09. The Labute approximate surface area is 98.4 Å². The van der Waals surface area contributed by atoms with E-state index in [1.807, 2.05) is 36.7 Å². The minimum absolute atomic E-state index is 0.781. The Balaban J connectivity index is 2.13. The highest BCUT2D eigenvalue weighted by Crippen LogP contribution is 2.26. The molecule has 3 aromatic rings. The molecule has 17 heavy (non-hydrogen) atoms. The van der Waals surface area contributed by atoms with E-state index in [-0.39, 0.29) is 0 Å². The van der Waals surface area contributed by atoms with Crippen LogP contribution in [-0.2, 0) is 0 Å². The molecular formula is C13H11N4+. The van der Waals surface area contributed by atoms with E-state index in [4.69, 9.17) is 0 Å². The van der Waals surface area contributed by atoms with Crippen LogP contribution >= 0.6 is 0 Å². The van der Waals surface area contributed by atoms with Gasteiger partial charge in [-0.3, -0.25) is 5.10 Å². The molecule has 0 fully saturated rings. The first-order chi connectivity index (χ1) is 8.45. The van der Waals surface area contributed by atoms with Crippen LogP contribution in [0.15, 0.2) is 55.0 Å². The third-order valence-electron chi connectivity index (χ3n) is 2.57. The van der Waals surface area contributed by atoms with E-state index in [2.05, 4.69) is 32.3 Å². The molecule has 0 saturated carbocycles. The van der Waals surface area contributed by atoms with Gasteiger partial charge in [0.15, 0.2) is 5.69 Å². The van der Waals surface area contributed by atoms with Gasteiger partial charge in [0, 0.05) is 11.6 Å². The summed E-state index contributed by atoms with van der Waals surface area (Å²) in [5.41, 5.74) is 3.06. The summed E-state index contributed by atoms with van der Waals surface area (Å²) in [5.74, 6) is 0.781. The predicted octanol–water partition coefficient (Wildman–Crippen LogP) is 1.95. The van der Waals surface area contributed by atoms with Crippen molar-refractivity contribution in [3.05, 3.63) is 55.0 Å². The highest BCUT2D eigenvalue weighted by Gasteiger charge is 2.16. The molecule has 2 aromatic heterocycles. The number of hydrogen-bond donors (Lipinski definition) is 1. The molecule has 0 spiro atoms. The van der Waals surface area contributed by atoms with E-state index < -0.39 is 0 Å². The lowest BCUT2D eigenvalue weighted by molar-refractivity contribution is -0.369. The topological polar surface area (TPSA) is 55.7 Å². The van der Waals surface area contributed by atoms with Crippen LogP contribution in [-0.4, -0.2) is 15.2 Å². The number of aromatic nitrogens is 4. The van der Waals surface area contributed by atoms with E-state index in [1.54, 1.807) is 6.20 Å². The highest BCUT2D eigenvalue weighted by molar-refractivity contribution is 5.76. The average molecular weight is 223 g/mol. The van der Waals surface area contributed by atoms with E-state index in [0.717, 1.165) is 22.6 Å². The molecular weight excluding hydrogens is 212 g/mol. The van der Waals surface area contributed by atoms with E-state index >= 15 is 0 Å². The molecule has 1 aromatic carbocycles. The van der Waals surface area contributed by atoms with Gasteiger partial charge in [0.1, 0.15) is 6.20 Å². The zero-order chi connectivity index (χ0) is 11.5. The van der Waals surface area contributed by atoms with Gasteiger partial charge in [-0.25, -0.2) is 4.98 Å². The largest absolute Gasteiger partial charge is 0.346 e. The molecule has 0 atom stereocenters. The number of H-pyrrole nitrogens is 2. The fourth-order valence-electron chi connectivity index (χ4n) is 1.76. The van der Waals surface area contributed by atoms with Crippen molar-refractivity contribution in [1.82, 2.24) is 15.2 Å². The summed E-state index contributed by atoms with van der Waals surface area (Å²) in [7, 11) is 0. The molecule has 82 valence electrons. The molecule has 0 saturated heterocycles. The van der Waals surface area contributed by atoms with Crippen molar-refractivity contribution in [2.24, 2.45) is 0 Å². The van der Waals surface area contributed by atoms with Crippen molar-refractivity contribution in [3.8, 4) is 22.6 Å². The van der Waals surface area contributed by atoms with Crippen LogP contribution in [0.1, 0.15) is 0 Å². The van der Waals surface area contributed by atoms with Gasteiger partial charge < -0.3 is 0 Å². The first-order valence-corrected chi connectivity index (χ1v) is 5.37. The molecule has 0 bridgehead atoms. The van der Waals surface area contributed by atoms with Crippen LogP contribution in [0.3, 0.4) is 0 Å². The first kappa shape index (κ1) is 9.72. The molecule has 0 aliphatic carbocycles. The van der Waals surface area contributed by atoms with Crippen molar-refractivity contribution in [2.45, 2.75) is 0 Å². The molecule has 4 heteroatoms. The van der Waals surface area contributed by atoms with Crippen LogP contribution in [0.4, 0.5) is 0 Å². The van der Waals surface area contributed by atoms with Crippen molar-refractivity contribution in [3.63, 3.8) is 0 Å². The molecule has 0 aliphatic rings. The summed E-state index contributed by atoms with van der Waals surface area (Å²) in [6.45, 7) is 0. The number of rotatable bonds is 2. The molecule has 0 radical (unpaired) electrons. The molecule has 0 unspecified atom stereocenters. The van der Waals surface area contributed by atoms with Gasteiger partial charge in [0.25, 0.3) is 0 Å². The van der Waals surface area contributed by atoms with E-state index in [9.17, 15) is 0 Å². The van der Waals surface area contributed by atoms with Crippen LogP contribution in [0.2, 0.25) is 0 Å². The molecule has 4 nitrogen and oxygen atoms in total. The van der Waals surface area contributed by atoms with Crippen molar-refractivity contribution < 1.29 is 4.98 Å². The Kier molecular flexibility index (Phi) is 2.38. The summed E-state index contributed by atoms with van der Waals surface area (Å²) in [4.78, 5) is 7.38. The maximum Gasteiger partial charge on any atom is 0.346 e. The molecule has 3 rings (SSSR count). The van der Waals surface area contributed by atoms with E-state index in [0.29, 0.717) is 0 Å². The summed E-state index contributed by atoms with van der Waals surface area (Å²) >= 11 is 0. The standard InChI is InChI=1S/C13H10N4/c1-2-5-10(6-3-1)11-9-16-17-12(11)13-14-7-4-8-15-13/h1-9H,(H,16,17)/p+1. The second kappa shape index (κ2) is 4.17. The molecule has 0 aliphatic heterocycles. The Bertz CT molecular complexity index is 548. The lowest BCUT2D eigenvalue weighted by Gasteiger charge is -1.97. The van der Waals surface area contributed by atoms with Crippen LogP contribution in [0, 0.1) is 0 Å². The molecule has 2 heterocycles. The van der Waals surface area contributed by atoms with Gasteiger partial charge in [-0.05, 0) is 10.5 Å².